The van der Waals surface area contributed by atoms with Gasteiger partial charge < -0.3 is 20.5 Å². The van der Waals surface area contributed by atoms with Crippen molar-refractivity contribution in [2.75, 3.05) is 6.54 Å². The second-order valence-electron chi connectivity index (χ2n) is 2.89. The minimum absolute atomic E-state index is 0.299. The largest absolute Gasteiger partial charge is 0.473 e. The summed E-state index contributed by atoms with van der Waals surface area (Å²) in [5, 5.41) is 14.8. The smallest absolute Gasteiger partial charge is 0.434 e. The maximum atomic E-state index is 11.9. The van der Waals surface area contributed by atoms with Crippen molar-refractivity contribution < 1.29 is 33.0 Å². The second kappa shape index (κ2) is 6.59. The van der Waals surface area contributed by atoms with Gasteiger partial charge in [-0.3, -0.25) is 0 Å². The van der Waals surface area contributed by atoms with Crippen LogP contribution in [-0.2, 0) is 22.3 Å². The summed E-state index contributed by atoms with van der Waals surface area (Å²) in [7, 11) is 0. The van der Waals surface area contributed by atoms with E-state index in [1.165, 1.54) is 4.57 Å². The molecule has 1 rings (SSSR count). The van der Waals surface area contributed by atoms with Crippen LogP contribution < -0.4 is 5.73 Å². The van der Waals surface area contributed by atoms with E-state index >= 15 is 0 Å². The number of nitrogens with two attached hydrogens (primary N) is 1. The Balaban J connectivity index is 0.000000411. The van der Waals surface area contributed by atoms with Crippen LogP contribution >= 0.6 is 0 Å². The van der Waals surface area contributed by atoms with Crippen molar-refractivity contribution in [2.24, 2.45) is 5.73 Å². The molecule has 0 saturated heterocycles. The lowest BCUT2D eigenvalue weighted by molar-refractivity contribution is -0.159. The third-order valence-corrected chi connectivity index (χ3v) is 1.49. The lowest BCUT2D eigenvalue weighted by Crippen LogP contribution is -2.09. The second-order valence-corrected chi connectivity index (χ2v) is 2.89. The van der Waals surface area contributed by atoms with Crippen LogP contribution in [0.2, 0.25) is 0 Å². The highest BCUT2D eigenvalue weighted by Gasteiger charge is 2.33. The molecule has 7 nitrogen and oxygen atoms in total. The van der Waals surface area contributed by atoms with Crippen molar-refractivity contribution in [1.82, 2.24) is 9.55 Å². The molecule has 4 N–H and O–H groups in total. The van der Waals surface area contributed by atoms with Crippen LogP contribution in [-0.4, -0.2) is 38.2 Å². The standard InChI is InChI=1S/C6H8F3N3.C2H2O4/c7-6(8,9)5-3-12(2-1-10)4-11-5;3-1(4)2(5)6/h3-4H,1-2,10H2;(H,3,4)(H,5,6). The molecule has 0 spiro atoms. The van der Waals surface area contributed by atoms with Gasteiger partial charge in [0.05, 0.1) is 6.33 Å². The fourth-order valence-corrected chi connectivity index (χ4v) is 0.778. The van der Waals surface area contributed by atoms with Gasteiger partial charge in [0.15, 0.2) is 5.69 Å². The Kier molecular flexibility index (Phi) is 5.82. The predicted molar refractivity (Wildman–Crippen MR) is 51.6 cm³/mol. The van der Waals surface area contributed by atoms with E-state index in [4.69, 9.17) is 25.5 Å². The zero-order valence-corrected chi connectivity index (χ0v) is 8.89. The summed E-state index contributed by atoms with van der Waals surface area (Å²) >= 11 is 0. The summed E-state index contributed by atoms with van der Waals surface area (Å²) < 4.78 is 37.1. The van der Waals surface area contributed by atoms with Crippen LogP contribution in [0.5, 0.6) is 0 Å². The highest BCUT2D eigenvalue weighted by Crippen LogP contribution is 2.26. The topological polar surface area (TPSA) is 118 Å². The zero-order chi connectivity index (χ0) is 14.3. The number of alkyl halides is 3. The maximum Gasteiger partial charge on any atom is 0.434 e. The first kappa shape index (κ1) is 15.9. The van der Waals surface area contributed by atoms with Gasteiger partial charge in [0.1, 0.15) is 0 Å². The van der Waals surface area contributed by atoms with E-state index in [0.29, 0.717) is 13.1 Å². The first-order valence-electron chi connectivity index (χ1n) is 4.43. The number of aromatic nitrogens is 2. The van der Waals surface area contributed by atoms with Crippen LogP contribution in [0.3, 0.4) is 0 Å². The minimum atomic E-state index is -4.36. The maximum absolute atomic E-state index is 11.9. The first-order valence-corrected chi connectivity index (χ1v) is 4.43. The molecule has 0 bridgehead atoms. The molecular formula is C8H10F3N3O4. The number of halogens is 3. The average molecular weight is 269 g/mol. The monoisotopic (exact) mass is 269 g/mol. The molecule has 0 atom stereocenters. The highest BCUT2D eigenvalue weighted by molar-refractivity contribution is 6.27. The predicted octanol–water partition coefficient (Wildman–Crippen LogP) is 0.0162. The summed E-state index contributed by atoms with van der Waals surface area (Å²) in [6.07, 6.45) is -2.30. The number of hydrogen-bond donors (Lipinski definition) is 3. The van der Waals surface area contributed by atoms with E-state index in [1.54, 1.807) is 0 Å². The van der Waals surface area contributed by atoms with Crippen molar-refractivity contribution in [3.05, 3.63) is 18.2 Å². The van der Waals surface area contributed by atoms with Gasteiger partial charge in [-0.1, -0.05) is 0 Å². The number of aliphatic carboxylic acids is 2. The minimum Gasteiger partial charge on any atom is -0.473 e. The summed E-state index contributed by atoms with van der Waals surface area (Å²) in [6.45, 7) is 0.650. The molecule has 0 unspecified atom stereocenters. The van der Waals surface area contributed by atoms with E-state index in [1.807, 2.05) is 0 Å². The average Bonchev–Trinajstić information content (AvgIpc) is 2.67. The fraction of sp³-hybridized carbons (Fsp3) is 0.375. The number of hydrogen-bond acceptors (Lipinski definition) is 4. The van der Waals surface area contributed by atoms with Gasteiger partial charge >= 0.3 is 18.1 Å². The van der Waals surface area contributed by atoms with Gasteiger partial charge in [-0.25, -0.2) is 14.6 Å². The number of carboxylic acids is 2. The van der Waals surface area contributed by atoms with Crippen molar-refractivity contribution in [3.63, 3.8) is 0 Å². The third kappa shape index (κ3) is 5.84. The lowest BCUT2D eigenvalue weighted by Gasteiger charge is -2.00. The molecule has 0 aliphatic rings. The van der Waals surface area contributed by atoms with Crippen LogP contribution in [0.1, 0.15) is 5.69 Å². The van der Waals surface area contributed by atoms with E-state index in [0.717, 1.165) is 12.5 Å². The molecule has 0 aliphatic heterocycles. The Bertz CT molecular complexity index is 404. The van der Waals surface area contributed by atoms with Crippen molar-refractivity contribution in [1.29, 1.82) is 0 Å². The van der Waals surface area contributed by atoms with Crippen molar-refractivity contribution >= 4 is 11.9 Å². The Morgan fingerprint density at radius 3 is 2.11 bits per heavy atom. The van der Waals surface area contributed by atoms with E-state index in [9.17, 15) is 13.2 Å². The van der Waals surface area contributed by atoms with Gasteiger partial charge in [0.2, 0.25) is 0 Å². The molecule has 10 heteroatoms. The Hall–Kier alpha value is -2.10. The third-order valence-electron chi connectivity index (χ3n) is 1.49. The Morgan fingerprint density at radius 1 is 1.33 bits per heavy atom. The van der Waals surface area contributed by atoms with Crippen molar-refractivity contribution in [2.45, 2.75) is 12.7 Å². The molecule has 0 fully saturated rings. The molecule has 1 heterocycles. The number of imidazole rings is 1. The van der Waals surface area contributed by atoms with E-state index in [-0.39, 0.29) is 0 Å². The molecule has 0 radical (unpaired) electrons. The fourth-order valence-electron chi connectivity index (χ4n) is 0.778. The quantitative estimate of drug-likeness (QED) is 0.651. The van der Waals surface area contributed by atoms with E-state index in [2.05, 4.69) is 4.98 Å². The molecular weight excluding hydrogens is 259 g/mol. The van der Waals surface area contributed by atoms with Gasteiger partial charge in [0.25, 0.3) is 0 Å². The number of rotatable bonds is 2. The van der Waals surface area contributed by atoms with Gasteiger partial charge in [-0.05, 0) is 0 Å². The normalized spacial score (nSPS) is 10.4. The molecule has 18 heavy (non-hydrogen) atoms. The van der Waals surface area contributed by atoms with Crippen molar-refractivity contribution in [3.8, 4) is 0 Å². The molecule has 1 aromatic heterocycles. The number of carbonyl (C=O) groups is 2. The summed E-state index contributed by atoms with van der Waals surface area (Å²) in [5.74, 6) is -3.65. The van der Waals surface area contributed by atoms with E-state index < -0.39 is 23.8 Å². The Morgan fingerprint density at radius 2 is 1.83 bits per heavy atom. The van der Waals surface area contributed by atoms with Crippen LogP contribution in [0.15, 0.2) is 12.5 Å². The zero-order valence-electron chi connectivity index (χ0n) is 8.89. The molecule has 1 aromatic rings. The molecule has 0 aromatic carbocycles. The Labute approximate surface area is 98.6 Å². The van der Waals surface area contributed by atoms with Gasteiger partial charge in [-0.2, -0.15) is 13.2 Å². The summed E-state index contributed by atoms with van der Waals surface area (Å²) in [5.41, 5.74) is 4.27. The summed E-state index contributed by atoms with van der Waals surface area (Å²) in [6, 6.07) is 0. The molecule has 0 amide bonds. The SMILES string of the molecule is NCCn1cnc(C(F)(F)F)c1.O=C(O)C(=O)O. The molecule has 102 valence electrons. The number of carboxylic acid groups (broad SMARTS) is 2. The number of nitrogens with zero attached hydrogens (tertiary/aromatic N) is 2. The molecule has 0 aliphatic carbocycles. The summed E-state index contributed by atoms with van der Waals surface area (Å²) in [4.78, 5) is 21.4. The van der Waals surface area contributed by atoms with Crippen LogP contribution in [0.25, 0.3) is 0 Å². The molecule has 0 saturated carbocycles. The first-order chi connectivity index (χ1) is 8.18. The van der Waals surface area contributed by atoms with Gasteiger partial charge in [0, 0.05) is 19.3 Å². The van der Waals surface area contributed by atoms with Gasteiger partial charge in [-0.15, -0.1) is 0 Å². The lowest BCUT2D eigenvalue weighted by atomic mass is 10.5. The van der Waals surface area contributed by atoms with Crippen LogP contribution in [0, 0.1) is 0 Å². The highest BCUT2D eigenvalue weighted by atomic mass is 19.4. The van der Waals surface area contributed by atoms with Crippen LogP contribution in [0.4, 0.5) is 13.2 Å².